The van der Waals surface area contributed by atoms with Crippen molar-refractivity contribution < 1.29 is 13.6 Å². The van der Waals surface area contributed by atoms with E-state index in [9.17, 15) is 13.6 Å². The number of carbonyl (C=O) groups is 1. The average molecular weight is 393 g/mol. The van der Waals surface area contributed by atoms with Gasteiger partial charge in [0, 0.05) is 29.7 Å². The Bertz CT molecular complexity index is 1150. The van der Waals surface area contributed by atoms with Crippen molar-refractivity contribution in [3.63, 3.8) is 0 Å². The largest absolute Gasteiger partial charge is 0.370 e. The van der Waals surface area contributed by atoms with Crippen molar-refractivity contribution in [2.24, 2.45) is 0 Å². The highest BCUT2D eigenvalue weighted by atomic mass is 19.1. The third-order valence-corrected chi connectivity index (χ3v) is 4.48. The van der Waals surface area contributed by atoms with E-state index in [2.05, 4.69) is 31.7 Å². The quantitative estimate of drug-likeness (QED) is 0.460. The Morgan fingerprint density at radius 1 is 1.03 bits per heavy atom. The molecule has 2 aromatic carbocycles. The molecule has 0 radical (unpaired) electrons. The zero-order valence-electron chi connectivity index (χ0n) is 15.2. The standard InChI is InChI=1S/C21H17F2N5O/c22-15-5-3-6-16(23)20(15)28-21(29)18-10-19(27-12-26-18)24-9-8-13-11-25-17-7-2-1-4-14(13)17/h1-7,10-12,25H,8-9H2,(H,28,29)(H,24,26,27). The number of amides is 1. The molecule has 6 nitrogen and oxygen atoms in total. The molecular formula is C21H17F2N5O. The lowest BCUT2D eigenvalue weighted by molar-refractivity contribution is 0.102. The van der Waals surface area contributed by atoms with Gasteiger partial charge in [0.15, 0.2) is 0 Å². The first-order valence-corrected chi connectivity index (χ1v) is 8.98. The van der Waals surface area contributed by atoms with Crippen molar-refractivity contribution in [2.75, 3.05) is 17.2 Å². The summed E-state index contributed by atoms with van der Waals surface area (Å²) in [6.45, 7) is 0.585. The number of fused-ring (bicyclic) bond motifs is 1. The normalized spacial score (nSPS) is 10.8. The number of rotatable bonds is 6. The summed E-state index contributed by atoms with van der Waals surface area (Å²) < 4.78 is 27.4. The monoisotopic (exact) mass is 393 g/mol. The number of H-pyrrole nitrogens is 1. The molecule has 4 rings (SSSR count). The van der Waals surface area contributed by atoms with Gasteiger partial charge in [0.2, 0.25) is 0 Å². The van der Waals surface area contributed by atoms with Crippen LogP contribution in [0.4, 0.5) is 20.3 Å². The highest BCUT2D eigenvalue weighted by molar-refractivity contribution is 6.03. The fourth-order valence-electron chi connectivity index (χ4n) is 3.04. The second-order valence-corrected chi connectivity index (χ2v) is 6.38. The van der Waals surface area contributed by atoms with Crippen LogP contribution >= 0.6 is 0 Å². The van der Waals surface area contributed by atoms with E-state index in [4.69, 9.17) is 0 Å². The Morgan fingerprint density at radius 2 is 1.83 bits per heavy atom. The minimum Gasteiger partial charge on any atom is -0.370 e. The van der Waals surface area contributed by atoms with Gasteiger partial charge in [-0.2, -0.15) is 0 Å². The maximum absolute atomic E-state index is 13.7. The van der Waals surface area contributed by atoms with E-state index in [1.165, 1.54) is 18.5 Å². The van der Waals surface area contributed by atoms with Crippen LogP contribution in [0.5, 0.6) is 0 Å². The number of aromatic nitrogens is 3. The second kappa shape index (κ2) is 8.05. The van der Waals surface area contributed by atoms with Crippen LogP contribution in [0.3, 0.4) is 0 Å². The molecule has 0 spiro atoms. The predicted molar refractivity (Wildman–Crippen MR) is 107 cm³/mol. The van der Waals surface area contributed by atoms with E-state index in [0.29, 0.717) is 12.4 Å². The first-order chi connectivity index (χ1) is 14.1. The minimum absolute atomic E-state index is 0.00255. The summed E-state index contributed by atoms with van der Waals surface area (Å²) in [6.07, 6.45) is 3.94. The van der Waals surface area contributed by atoms with E-state index in [-0.39, 0.29) is 5.69 Å². The first-order valence-electron chi connectivity index (χ1n) is 8.98. The molecule has 0 saturated heterocycles. The van der Waals surface area contributed by atoms with Crippen molar-refractivity contribution >= 4 is 28.3 Å². The predicted octanol–water partition coefficient (Wildman–Crippen LogP) is 4.14. The van der Waals surface area contributed by atoms with Gasteiger partial charge < -0.3 is 15.6 Å². The maximum atomic E-state index is 13.7. The fourth-order valence-corrected chi connectivity index (χ4v) is 3.04. The molecule has 0 bridgehead atoms. The van der Waals surface area contributed by atoms with Gasteiger partial charge in [0.25, 0.3) is 5.91 Å². The molecule has 2 aromatic heterocycles. The molecule has 0 fully saturated rings. The molecule has 0 unspecified atom stereocenters. The molecule has 0 saturated carbocycles. The molecule has 146 valence electrons. The van der Waals surface area contributed by atoms with Crippen LogP contribution in [0, 0.1) is 11.6 Å². The number of hydrogen-bond donors (Lipinski definition) is 3. The lowest BCUT2D eigenvalue weighted by Crippen LogP contribution is -2.17. The Kier molecular flexibility index (Phi) is 5.15. The number of nitrogens with zero attached hydrogens (tertiary/aromatic N) is 2. The molecular weight excluding hydrogens is 376 g/mol. The summed E-state index contributed by atoms with van der Waals surface area (Å²) in [5, 5.41) is 6.50. The van der Waals surface area contributed by atoms with E-state index in [1.807, 2.05) is 24.4 Å². The van der Waals surface area contributed by atoms with Gasteiger partial charge in [-0.3, -0.25) is 4.79 Å². The van der Waals surface area contributed by atoms with Crippen LogP contribution in [-0.2, 0) is 6.42 Å². The SMILES string of the molecule is O=C(Nc1c(F)cccc1F)c1cc(NCCc2c[nH]c3ccccc23)ncn1. The minimum atomic E-state index is -0.857. The topological polar surface area (TPSA) is 82.7 Å². The Balaban J connectivity index is 1.41. The first kappa shape index (κ1) is 18.5. The zero-order valence-corrected chi connectivity index (χ0v) is 15.2. The molecule has 0 aliphatic carbocycles. The molecule has 29 heavy (non-hydrogen) atoms. The van der Waals surface area contributed by atoms with Crippen LogP contribution < -0.4 is 10.6 Å². The average Bonchev–Trinajstić information content (AvgIpc) is 3.14. The highest BCUT2D eigenvalue weighted by Gasteiger charge is 2.15. The number of benzene rings is 2. The maximum Gasteiger partial charge on any atom is 0.274 e. The van der Waals surface area contributed by atoms with Gasteiger partial charge >= 0.3 is 0 Å². The van der Waals surface area contributed by atoms with Crippen LogP contribution in [0.25, 0.3) is 10.9 Å². The number of anilines is 2. The molecule has 0 atom stereocenters. The number of carbonyl (C=O) groups excluding carboxylic acids is 1. The van der Waals surface area contributed by atoms with Gasteiger partial charge in [0.1, 0.15) is 35.2 Å². The van der Waals surface area contributed by atoms with Gasteiger partial charge in [-0.15, -0.1) is 0 Å². The summed E-state index contributed by atoms with van der Waals surface area (Å²) in [4.78, 5) is 23.5. The molecule has 0 aliphatic rings. The summed E-state index contributed by atoms with van der Waals surface area (Å²) in [7, 11) is 0. The number of aromatic amines is 1. The van der Waals surface area contributed by atoms with Crippen molar-refractivity contribution in [1.29, 1.82) is 0 Å². The number of halogens is 2. The van der Waals surface area contributed by atoms with Crippen molar-refractivity contribution in [2.45, 2.75) is 6.42 Å². The summed E-state index contributed by atoms with van der Waals surface area (Å²) in [5.74, 6) is -2.00. The van der Waals surface area contributed by atoms with Crippen LogP contribution in [-0.4, -0.2) is 27.4 Å². The smallest absolute Gasteiger partial charge is 0.274 e. The zero-order chi connectivity index (χ0) is 20.2. The number of hydrogen-bond acceptors (Lipinski definition) is 4. The highest BCUT2D eigenvalue weighted by Crippen LogP contribution is 2.20. The van der Waals surface area contributed by atoms with Gasteiger partial charge in [0.05, 0.1) is 0 Å². The lowest BCUT2D eigenvalue weighted by atomic mass is 10.1. The van der Waals surface area contributed by atoms with Gasteiger partial charge in [-0.25, -0.2) is 18.7 Å². The van der Waals surface area contributed by atoms with E-state index in [0.717, 1.165) is 35.0 Å². The van der Waals surface area contributed by atoms with E-state index < -0.39 is 23.2 Å². The fraction of sp³-hybridized carbons (Fsp3) is 0.0952. The molecule has 8 heteroatoms. The van der Waals surface area contributed by atoms with Crippen LogP contribution in [0.2, 0.25) is 0 Å². The third-order valence-electron chi connectivity index (χ3n) is 4.48. The van der Waals surface area contributed by atoms with E-state index in [1.54, 1.807) is 0 Å². The third kappa shape index (κ3) is 4.06. The molecule has 4 aromatic rings. The molecule has 1 amide bonds. The van der Waals surface area contributed by atoms with Crippen LogP contribution in [0.1, 0.15) is 16.1 Å². The van der Waals surface area contributed by atoms with Crippen molar-refractivity contribution in [1.82, 2.24) is 15.0 Å². The van der Waals surface area contributed by atoms with Gasteiger partial charge in [-0.05, 0) is 30.2 Å². The summed E-state index contributed by atoms with van der Waals surface area (Å²) in [6, 6.07) is 12.8. The van der Waals surface area contributed by atoms with Gasteiger partial charge in [-0.1, -0.05) is 24.3 Å². The van der Waals surface area contributed by atoms with Crippen LogP contribution in [0.15, 0.2) is 61.1 Å². The van der Waals surface area contributed by atoms with E-state index >= 15 is 0 Å². The molecule has 3 N–H and O–H groups in total. The molecule has 0 aliphatic heterocycles. The Hall–Kier alpha value is -3.81. The molecule has 2 heterocycles. The second-order valence-electron chi connectivity index (χ2n) is 6.38. The summed E-state index contributed by atoms with van der Waals surface area (Å²) >= 11 is 0. The van der Waals surface area contributed by atoms with Crippen molar-refractivity contribution in [3.8, 4) is 0 Å². The van der Waals surface area contributed by atoms with Crippen molar-refractivity contribution in [3.05, 3.63) is 83.9 Å². The number of para-hydroxylation sites is 2. The summed E-state index contributed by atoms with van der Waals surface area (Å²) in [5.41, 5.74) is 1.72. The lowest BCUT2D eigenvalue weighted by Gasteiger charge is -2.09. The Labute approximate surface area is 165 Å². The Morgan fingerprint density at radius 3 is 2.66 bits per heavy atom. The number of nitrogens with one attached hydrogen (secondary N) is 3.